The van der Waals surface area contributed by atoms with Crippen LogP contribution in [0.5, 0.6) is 0 Å². The summed E-state index contributed by atoms with van der Waals surface area (Å²) >= 11 is 0. The maximum Gasteiger partial charge on any atom is 0.331 e. The van der Waals surface area contributed by atoms with E-state index in [-0.39, 0.29) is 24.0 Å². The van der Waals surface area contributed by atoms with Crippen LogP contribution in [0, 0.1) is 0 Å². The number of amides is 3. The summed E-state index contributed by atoms with van der Waals surface area (Å²) < 4.78 is 6.07. The largest absolute Gasteiger partial charge is 0.478 e. The molecule has 1 aliphatic carbocycles. The van der Waals surface area contributed by atoms with Gasteiger partial charge in [-0.15, -0.1) is 0 Å². The molecule has 0 aromatic heterocycles. The molecular weight excluding hydrogens is 364 g/mol. The minimum absolute atomic E-state index is 0.0733. The van der Waals surface area contributed by atoms with Gasteiger partial charge in [0.25, 0.3) is 0 Å². The number of carbonyl (C=O) groups is 3. The lowest BCUT2D eigenvalue weighted by molar-refractivity contribution is -0.133. The molecule has 0 unspecified atom stereocenters. The number of rotatable bonds is 11. The van der Waals surface area contributed by atoms with Crippen molar-refractivity contribution < 1.29 is 24.2 Å². The zero-order valence-corrected chi connectivity index (χ0v) is 17.2. The van der Waals surface area contributed by atoms with Crippen LogP contribution >= 0.6 is 0 Å². The number of unbranched alkanes of at least 4 members (excludes halogenated alkanes) is 1. The number of hydrogen-bond acceptors (Lipinski definition) is 5. The molecule has 160 valence electrons. The molecule has 3 atom stereocenters. The number of aliphatic carboxylic acids is 1. The lowest BCUT2D eigenvalue weighted by atomic mass is 9.87. The van der Waals surface area contributed by atoms with Crippen LogP contribution < -0.4 is 21.5 Å². The zero-order chi connectivity index (χ0) is 21.1. The smallest absolute Gasteiger partial charge is 0.331 e. The number of carboxylic acids is 1. The molecule has 5 N–H and O–H groups in total. The molecule has 0 aromatic rings. The predicted molar refractivity (Wildman–Crippen MR) is 106 cm³/mol. The highest BCUT2D eigenvalue weighted by Gasteiger charge is 2.38. The summed E-state index contributed by atoms with van der Waals surface area (Å²) in [5.41, 5.74) is 5.51. The predicted octanol–water partition coefficient (Wildman–Crippen LogP) is 1.45. The first kappa shape index (κ1) is 23.9. The van der Waals surface area contributed by atoms with Crippen LogP contribution in [0.25, 0.3) is 0 Å². The van der Waals surface area contributed by atoms with Crippen molar-refractivity contribution >= 4 is 17.9 Å². The van der Waals surface area contributed by atoms with Gasteiger partial charge in [0.1, 0.15) is 0 Å². The van der Waals surface area contributed by atoms with Crippen molar-refractivity contribution in [2.75, 3.05) is 6.54 Å². The lowest BCUT2D eigenvalue weighted by Crippen LogP contribution is -2.61. The molecule has 0 saturated heterocycles. The number of hydrazine groups is 1. The first-order valence-corrected chi connectivity index (χ1v) is 9.98. The van der Waals surface area contributed by atoms with Crippen LogP contribution in [-0.4, -0.2) is 53.9 Å². The van der Waals surface area contributed by atoms with Crippen LogP contribution in [0.3, 0.4) is 0 Å². The molecule has 1 aliphatic rings. The second-order valence-electron chi connectivity index (χ2n) is 6.95. The van der Waals surface area contributed by atoms with E-state index in [0.29, 0.717) is 6.54 Å². The molecule has 0 aromatic carbocycles. The maximum absolute atomic E-state index is 12.2. The van der Waals surface area contributed by atoms with Crippen molar-refractivity contribution in [3.8, 4) is 0 Å². The minimum atomic E-state index is -1.06. The monoisotopic (exact) mass is 398 g/mol. The Morgan fingerprint density at radius 1 is 1.21 bits per heavy atom. The third kappa shape index (κ3) is 7.85. The van der Waals surface area contributed by atoms with Gasteiger partial charge in [-0.25, -0.2) is 15.0 Å². The number of ether oxygens (including phenoxy) is 1. The van der Waals surface area contributed by atoms with Crippen molar-refractivity contribution in [2.24, 2.45) is 0 Å². The Hall–Kier alpha value is -2.13. The molecule has 0 spiro atoms. The van der Waals surface area contributed by atoms with E-state index in [0.717, 1.165) is 25.7 Å². The van der Waals surface area contributed by atoms with E-state index >= 15 is 0 Å². The summed E-state index contributed by atoms with van der Waals surface area (Å²) in [5.74, 6) is -1.34. The fourth-order valence-electron chi connectivity index (χ4n) is 3.12. The first-order chi connectivity index (χ1) is 13.3. The van der Waals surface area contributed by atoms with E-state index in [2.05, 4.69) is 21.5 Å². The summed E-state index contributed by atoms with van der Waals surface area (Å²) in [6.45, 7) is 8.02. The molecule has 3 amide bonds. The Labute approximate surface area is 166 Å². The summed E-state index contributed by atoms with van der Waals surface area (Å²) in [5, 5.41) is 15.0. The first-order valence-electron chi connectivity index (χ1n) is 9.98. The summed E-state index contributed by atoms with van der Waals surface area (Å²) in [6, 6.07) is -1.67. The molecule has 0 heterocycles. The molecular formula is C19H34N4O5. The topological polar surface area (TPSA) is 129 Å². The van der Waals surface area contributed by atoms with E-state index in [1.165, 1.54) is 13.0 Å². The average molecular weight is 399 g/mol. The van der Waals surface area contributed by atoms with Gasteiger partial charge >= 0.3 is 12.0 Å². The normalized spacial score (nSPS) is 21.8. The number of nitrogens with one attached hydrogen (secondary N) is 4. The molecule has 0 aliphatic heterocycles. The van der Waals surface area contributed by atoms with Crippen LogP contribution in [0.15, 0.2) is 11.6 Å². The van der Waals surface area contributed by atoms with E-state index < -0.39 is 30.2 Å². The lowest BCUT2D eigenvalue weighted by Gasteiger charge is -2.38. The molecule has 9 heteroatoms. The molecule has 0 radical (unpaired) electrons. The van der Waals surface area contributed by atoms with Crippen molar-refractivity contribution in [3.05, 3.63) is 11.6 Å². The number of carbonyl (C=O) groups excluding carboxylic acids is 2. The Bertz CT molecular complexity index is 563. The van der Waals surface area contributed by atoms with Crippen LogP contribution in [0.1, 0.15) is 59.8 Å². The summed E-state index contributed by atoms with van der Waals surface area (Å²) in [4.78, 5) is 35.5. The third-order valence-corrected chi connectivity index (χ3v) is 4.67. The highest BCUT2D eigenvalue weighted by Crippen LogP contribution is 2.24. The highest BCUT2D eigenvalue weighted by molar-refractivity contribution is 5.87. The van der Waals surface area contributed by atoms with Gasteiger partial charge in [0.2, 0.25) is 5.91 Å². The van der Waals surface area contributed by atoms with E-state index in [4.69, 9.17) is 4.74 Å². The van der Waals surface area contributed by atoms with E-state index in [9.17, 15) is 19.5 Å². The van der Waals surface area contributed by atoms with Gasteiger partial charge in [-0.1, -0.05) is 27.2 Å². The van der Waals surface area contributed by atoms with Crippen molar-refractivity contribution in [3.63, 3.8) is 0 Å². The third-order valence-electron chi connectivity index (χ3n) is 4.67. The number of carboxylic acid groups (broad SMARTS) is 1. The number of urea groups is 1. The Morgan fingerprint density at radius 3 is 2.43 bits per heavy atom. The van der Waals surface area contributed by atoms with Gasteiger partial charge in [0.05, 0.1) is 24.3 Å². The molecule has 1 rings (SSSR count). The van der Waals surface area contributed by atoms with Crippen LogP contribution in [-0.2, 0) is 14.3 Å². The second kappa shape index (κ2) is 12.4. The van der Waals surface area contributed by atoms with Crippen LogP contribution in [0.2, 0.25) is 0 Å². The highest BCUT2D eigenvalue weighted by atomic mass is 16.5. The van der Waals surface area contributed by atoms with Crippen molar-refractivity contribution in [1.29, 1.82) is 0 Å². The standard InChI is InChI=1S/C19H34N4O5/c1-5-8-9-20-23-19(27)22-15-10-13(18(25)26)11-16(17(15)21-12(4)24)28-14(6-2)7-3/h11,14-17,20H,5-10H2,1-4H3,(H,21,24)(H,25,26)(H2,22,23,27)/t15-,16+,17+/m0/s1. The molecule has 0 bridgehead atoms. The Kier molecular flexibility index (Phi) is 10.5. The average Bonchev–Trinajstić information content (AvgIpc) is 2.64. The second-order valence-corrected chi connectivity index (χ2v) is 6.95. The maximum atomic E-state index is 12.2. The fraction of sp³-hybridized carbons (Fsp3) is 0.737. The SMILES string of the molecule is CCCCNNC(=O)N[C@H]1CC(C(=O)O)=C[C@@H](OC(CC)CC)[C@@H]1NC(C)=O. The van der Waals surface area contributed by atoms with Crippen molar-refractivity contribution in [2.45, 2.75) is 84.1 Å². The Morgan fingerprint density at radius 2 is 1.89 bits per heavy atom. The fourth-order valence-corrected chi connectivity index (χ4v) is 3.12. The number of hydrogen-bond donors (Lipinski definition) is 5. The van der Waals surface area contributed by atoms with Crippen LogP contribution in [0.4, 0.5) is 4.79 Å². The van der Waals surface area contributed by atoms with Crippen molar-refractivity contribution in [1.82, 2.24) is 21.5 Å². The molecule has 0 saturated carbocycles. The summed E-state index contributed by atoms with van der Waals surface area (Å²) in [6.07, 6.45) is 4.33. The Balaban J connectivity index is 2.96. The van der Waals surface area contributed by atoms with Gasteiger partial charge in [-0.05, 0) is 25.3 Å². The molecule has 28 heavy (non-hydrogen) atoms. The minimum Gasteiger partial charge on any atom is -0.478 e. The van der Waals surface area contributed by atoms with E-state index in [1.54, 1.807) is 0 Å². The van der Waals surface area contributed by atoms with Gasteiger partial charge in [-0.2, -0.15) is 0 Å². The van der Waals surface area contributed by atoms with Gasteiger partial charge in [0.15, 0.2) is 0 Å². The summed E-state index contributed by atoms with van der Waals surface area (Å²) in [7, 11) is 0. The quantitative estimate of drug-likeness (QED) is 0.265. The molecule has 9 nitrogen and oxygen atoms in total. The molecule has 0 fully saturated rings. The van der Waals surface area contributed by atoms with Gasteiger partial charge in [-0.3, -0.25) is 10.2 Å². The van der Waals surface area contributed by atoms with Gasteiger partial charge < -0.3 is 20.5 Å². The zero-order valence-electron chi connectivity index (χ0n) is 17.2. The van der Waals surface area contributed by atoms with E-state index in [1.807, 2.05) is 20.8 Å². The van der Waals surface area contributed by atoms with Gasteiger partial charge in [0, 0.05) is 25.5 Å².